The number of hydrogen-bond donors (Lipinski definition) is 1. The van der Waals surface area contributed by atoms with Gasteiger partial charge in [-0.3, -0.25) is 0 Å². The lowest BCUT2D eigenvalue weighted by molar-refractivity contribution is 0.126. The van der Waals surface area contributed by atoms with Gasteiger partial charge in [-0.05, 0) is 25.8 Å². The first-order valence-corrected chi connectivity index (χ1v) is 7.58. The molecule has 0 aliphatic rings. The second-order valence-electron chi connectivity index (χ2n) is 5.20. The van der Waals surface area contributed by atoms with Gasteiger partial charge < -0.3 is 10.1 Å². The summed E-state index contributed by atoms with van der Waals surface area (Å²) in [6.45, 7) is 9.74. The quantitative estimate of drug-likeness (QED) is 0.491. The fourth-order valence-electron chi connectivity index (χ4n) is 1.81. The molecule has 0 saturated carbocycles. The van der Waals surface area contributed by atoms with E-state index in [1.807, 2.05) is 0 Å². The van der Waals surface area contributed by atoms with E-state index in [0.717, 1.165) is 19.8 Å². The van der Waals surface area contributed by atoms with Gasteiger partial charge >= 0.3 is 0 Å². The number of ether oxygens (including phenoxy) is 1. The van der Waals surface area contributed by atoms with Crippen molar-refractivity contribution in [1.82, 2.24) is 5.32 Å². The smallest absolute Gasteiger partial charge is 0.0466 e. The van der Waals surface area contributed by atoms with E-state index in [1.54, 1.807) is 0 Å². The van der Waals surface area contributed by atoms with Crippen molar-refractivity contribution in [3.8, 4) is 0 Å². The molecule has 0 aromatic carbocycles. The van der Waals surface area contributed by atoms with Crippen LogP contribution in [-0.2, 0) is 4.74 Å². The first-order chi connectivity index (χ1) is 8.27. The van der Waals surface area contributed by atoms with Crippen LogP contribution < -0.4 is 5.32 Å². The molecule has 0 fully saturated rings. The van der Waals surface area contributed by atoms with Crippen molar-refractivity contribution < 1.29 is 4.74 Å². The maximum absolute atomic E-state index is 5.61. The van der Waals surface area contributed by atoms with Gasteiger partial charge in [-0.1, -0.05) is 52.9 Å². The van der Waals surface area contributed by atoms with Gasteiger partial charge in [0.15, 0.2) is 0 Å². The third-order valence-electron chi connectivity index (χ3n) is 2.91. The van der Waals surface area contributed by atoms with Crippen molar-refractivity contribution in [3.63, 3.8) is 0 Å². The molecule has 0 aromatic rings. The number of unbranched alkanes of at least 4 members (excludes halogenated alkanes) is 6. The van der Waals surface area contributed by atoms with Crippen LogP contribution in [0.1, 0.15) is 72.1 Å². The zero-order chi connectivity index (χ0) is 12.8. The van der Waals surface area contributed by atoms with Gasteiger partial charge in [0.1, 0.15) is 0 Å². The fourth-order valence-corrected chi connectivity index (χ4v) is 1.81. The Morgan fingerprint density at radius 2 is 1.41 bits per heavy atom. The zero-order valence-electron chi connectivity index (χ0n) is 12.3. The van der Waals surface area contributed by atoms with E-state index >= 15 is 0 Å². The van der Waals surface area contributed by atoms with Crippen molar-refractivity contribution in [2.24, 2.45) is 0 Å². The Morgan fingerprint density at radius 3 is 2.00 bits per heavy atom. The van der Waals surface area contributed by atoms with Gasteiger partial charge in [-0.15, -0.1) is 0 Å². The van der Waals surface area contributed by atoms with Crippen LogP contribution in [0.2, 0.25) is 0 Å². The third-order valence-corrected chi connectivity index (χ3v) is 2.91. The van der Waals surface area contributed by atoms with E-state index in [0.29, 0.717) is 6.04 Å². The molecule has 0 radical (unpaired) electrons. The molecule has 2 heteroatoms. The van der Waals surface area contributed by atoms with Gasteiger partial charge in [-0.25, -0.2) is 0 Å². The van der Waals surface area contributed by atoms with Crippen LogP contribution in [0.15, 0.2) is 0 Å². The minimum atomic E-state index is 0.626. The van der Waals surface area contributed by atoms with Crippen LogP contribution in [0.3, 0.4) is 0 Å². The molecule has 0 spiro atoms. The van der Waals surface area contributed by atoms with Crippen LogP contribution >= 0.6 is 0 Å². The summed E-state index contributed by atoms with van der Waals surface area (Å²) in [7, 11) is 0. The summed E-state index contributed by atoms with van der Waals surface area (Å²) in [5.41, 5.74) is 0. The zero-order valence-corrected chi connectivity index (χ0v) is 12.3. The Labute approximate surface area is 109 Å². The lowest BCUT2D eigenvalue weighted by atomic mass is 10.2. The number of hydrogen-bond acceptors (Lipinski definition) is 2. The van der Waals surface area contributed by atoms with Crippen molar-refractivity contribution in [2.75, 3.05) is 19.8 Å². The summed E-state index contributed by atoms with van der Waals surface area (Å²) in [5.74, 6) is 0. The van der Waals surface area contributed by atoms with Crippen molar-refractivity contribution in [1.29, 1.82) is 0 Å². The lowest BCUT2D eigenvalue weighted by Crippen LogP contribution is -2.23. The van der Waals surface area contributed by atoms with E-state index in [2.05, 4.69) is 26.1 Å². The second kappa shape index (κ2) is 14.0. The molecule has 0 bridgehead atoms. The van der Waals surface area contributed by atoms with Crippen LogP contribution in [0, 0.1) is 0 Å². The first-order valence-electron chi connectivity index (χ1n) is 7.58. The van der Waals surface area contributed by atoms with Crippen LogP contribution in [-0.4, -0.2) is 25.8 Å². The van der Waals surface area contributed by atoms with E-state index in [9.17, 15) is 0 Å². The van der Waals surface area contributed by atoms with Crippen molar-refractivity contribution in [2.45, 2.75) is 78.2 Å². The Bertz CT molecular complexity index is 137. The Kier molecular flexibility index (Phi) is 13.9. The highest BCUT2D eigenvalue weighted by Crippen LogP contribution is 2.02. The molecule has 0 aromatic heterocycles. The highest BCUT2D eigenvalue weighted by Gasteiger charge is 1.93. The molecule has 0 aliphatic carbocycles. The average molecular weight is 243 g/mol. The molecule has 0 saturated heterocycles. The van der Waals surface area contributed by atoms with E-state index in [1.165, 1.54) is 51.4 Å². The second-order valence-corrected chi connectivity index (χ2v) is 5.20. The standard InChI is InChI=1S/C15H33NO/c1-4-5-6-10-13-17-14-11-8-7-9-12-16-15(2)3/h15-16H,4-14H2,1-3H3. The fraction of sp³-hybridized carbons (Fsp3) is 1.00. The average Bonchev–Trinajstić information content (AvgIpc) is 2.30. The molecular weight excluding hydrogens is 210 g/mol. The molecule has 2 nitrogen and oxygen atoms in total. The summed E-state index contributed by atoms with van der Waals surface area (Å²) in [4.78, 5) is 0. The highest BCUT2D eigenvalue weighted by molar-refractivity contribution is 4.53. The molecule has 0 rings (SSSR count). The SMILES string of the molecule is CCCCCCOCCCCCCNC(C)C. The summed E-state index contributed by atoms with van der Waals surface area (Å²) in [6.07, 6.45) is 10.4. The maximum atomic E-state index is 5.61. The Balaban J connectivity index is 2.89. The summed E-state index contributed by atoms with van der Waals surface area (Å²) in [6, 6.07) is 0.626. The molecule has 0 atom stereocenters. The summed E-state index contributed by atoms with van der Waals surface area (Å²) < 4.78 is 5.61. The summed E-state index contributed by atoms with van der Waals surface area (Å²) >= 11 is 0. The number of nitrogens with one attached hydrogen (secondary N) is 1. The molecule has 0 aliphatic heterocycles. The van der Waals surface area contributed by atoms with E-state index < -0.39 is 0 Å². The molecular formula is C15H33NO. The van der Waals surface area contributed by atoms with Gasteiger partial charge in [-0.2, -0.15) is 0 Å². The highest BCUT2D eigenvalue weighted by atomic mass is 16.5. The van der Waals surface area contributed by atoms with Gasteiger partial charge in [0, 0.05) is 19.3 Å². The third kappa shape index (κ3) is 15.9. The number of rotatable bonds is 13. The monoisotopic (exact) mass is 243 g/mol. The molecule has 1 N–H and O–H groups in total. The van der Waals surface area contributed by atoms with E-state index in [-0.39, 0.29) is 0 Å². The summed E-state index contributed by atoms with van der Waals surface area (Å²) in [5, 5.41) is 3.44. The molecule has 0 amide bonds. The van der Waals surface area contributed by atoms with Crippen LogP contribution in [0.4, 0.5) is 0 Å². The molecule has 0 heterocycles. The van der Waals surface area contributed by atoms with Crippen molar-refractivity contribution in [3.05, 3.63) is 0 Å². The predicted molar refractivity (Wildman–Crippen MR) is 76.6 cm³/mol. The lowest BCUT2D eigenvalue weighted by Gasteiger charge is -2.07. The van der Waals surface area contributed by atoms with Crippen LogP contribution in [0.25, 0.3) is 0 Å². The topological polar surface area (TPSA) is 21.3 Å². The maximum Gasteiger partial charge on any atom is 0.0466 e. The molecule has 104 valence electrons. The first kappa shape index (κ1) is 16.9. The molecule has 17 heavy (non-hydrogen) atoms. The van der Waals surface area contributed by atoms with Crippen molar-refractivity contribution >= 4 is 0 Å². The predicted octanol–water partition coefficient (Wildman–Crippen LogP) is 4.14. The van der Waals surface area contributed by atoms with Gasteiger partial charge in [0.2, 0.25) is 0 Å². The van der Waals surface area contributed by atoms with E-state index in [4.69, 9.17) is 4.74 Å². The van der Waals surface area contributed by atoms with Gasteiger partial charge in [0.25, 0.3) is 0 Å². The Hall–Kier alpha value is -0.0800. The largest absolute Gasteiger partial charge is 0.381 e. The minimum absolute atomic E-state index is 0.626. The molecule has 0 unspecified atom stereocenters. The minimum Gasteiger partial charge on any atom is -0.381 e. The van der Waals surface area contributed by atoms with Gasteiger partial charge in [0.05, 0.1) is 0 Å². The Morgan fingerprint density at radius 1 is 0.824 bits per heavy atom. The van der Waals surface area contributed by atoms with Crippen LogP contribution in [0.5, 0.6) is 0 Å². The normalized spacial score (nSPS) is 11.3.